The maximum atomic E-state index is 13.5. The number of hydrogen-bond acceptors (Lipinski definition) is 6. The Morgan fingerprint density at radius 2 is 1.87 bits per heavy atom. The van der Waals surface area contributed by atoms with Crippen molar-refractivity contribution < 1.29 is 27.3 Å². The van der Waals surface area contributed by atoms with Gasteiger partial charge in [-0.15, -0.1) is 0 Å². The number of aromatic nitrogens is 2. The van der Waals surface area contributed by atoms with E-state index in [0.29, 0.717) is 37.6 Å². The lowest BCUT2D eigenvalue weighted by atomic mass is 9.80. The lowest BCUT2D eigenvalue weighted by Gasteiger charge is -2.38. The largest absolute Gasteiger partial charge is 0.493 e. The van der Waals surface area contributed by atoms with Crippen LogP contribution in [0.1, 0.15) is 59.7 Å². The van der Waals surface area contributed by atoms with Crippen molar-refractivity contribution in [3.05, 3.63) is 100 Å². The van der Waals surface area contributed by atoms with E-state index in [9.17, 15) is 18.0 Å². The van der Waals surface area contributed by atoms with E-state index in [0.717, 1.165) is 39.3 Å². The van der Waals surface area contributed by atoms with Crippen LogP contribution in [0.25, 0.3) is 11.1 Å². The van der Waals surface area contributed by atoms with Crippen LogP contribution in [-0.4, -0.2) is 53.6 Å². The van der Waals surface area contributed by atoms with Gasteiger partial charge in [0.05, 0.1) is 19.3 Å². The number of ether oxygens (including phenoxy) is 1. The number of anilines is 1. The SMILES string of the molecule is Cc1c(Cl)cccc1OCCCC(=O)N1C[C@H](C)[C@H](C)c2c(-c3cnn(Cc4cccc(C(=O)NCS(=O)(=O)O)c4)c3)cccc21. The molecule has 5 rings (SSSR count). The van der Waals surface area contributed by atoms with Gasteiger partial charge in [0, 0.05) is 46.6 Å². The first-order valence-corrected chi connectivity index (χ1v) is 17.1. The number of nitrogens with zero attached hydrogens (tertiary/aromatic N) is 3. The number of carbonyl (C=O) groups is 2. The zero-order chi connectivity index (χ0) is 33.0. The van der Waals surface area contributed by atoms with Crippen molar-refractivity contribution in [2.24, 2.45) is 5.92 Å². The van der Waals surface area contributed by atoms with E-state index in [4.69, 9.17) is 20.9 Å². The van der Waals surface area contributed by atoms with Crippen molar-refractivity contribution in [2.75, 3.05) is 23.9 Å². The summed E-state index contributed by atoms with van der Waals surface area (Å²) in [7, 11) is -4.33. The molecule has 2 heterocycles. The summed E-state index contributed by atoms with van der Waals surface area (Å²) in [4.78, 5) is 27.8. The van der Waals surface area contributed by atoms with Crippen molar-refractivity contribution >= 4 is 39.2 Å². The summed E-state index contributed by atoms with van der Waals surface area (Å²) in [6.45, 7) is 7.70. The Bertz CT molecular complexity index is 1860. The first-order chi connectivity index (χ1) is 21.9. The second-order valence-electron chi connectivity index (χ2n) is 11.7. The average molecular weight is 665 g/mol. The maximum Gasteiger partial charge on any atom is 0.283 e. The Kier molecular flexibility index (Phi) is 10.1. The summed E-state index contributed by atoms with van der Waals surface area (Å²) in [5.74, 6) is -0.233. The summed E-state index contributed by atoms with van der Waals surface area (Å²) in [5, 5.41) is 7.41. The second-order valence-corrected chi connectivity index (χ2v) is 13.5. The first kappa shape index (κ1) is 33.2. The number of amides is 2. The number of nitrogens with one attached hydrogen (secondary N) is 1. The third kappa shape index (κ3) is 7.78. The van der Waals surface area contributed by atoms with Crippen molar-refractivity contribution in [2.45, 2.75) is 46.1 Å². The molecule has 0 radical (unpaired) electrons. The van der Waals surface area contributed by atoms with Crippen LogP contribution in [0, 0.1) is 12.8 Å². The highest BCUT2D eigenvalue weighted by Gasteiger charge is 2.33. The Morgan fingerprint density at radius 1 is 1.11 bits per heavy atom. The molecule has 0 saturated carbocycles. The molecule has 0 saturated heterocycles. The van der Waals surface area contributed by atoms with Gasteiger partial charge >= 0.3 is 0 Å². The molecule has 0 spiro atoms. The summed E-state index contributed by atoms with van der Waals surface area (Å²) in [6.07, 6.45) is 4.67. The Hall–Kier alpha value is -4.19. The molecule has 2 atom stereocenters. The molecule has 1 aliphatic rings. The quantitative estimate of drug-likeness (QED) is 0.147. The minimum atomic E-state index is -4.33. The summed E-state index contributed by atoms with van der Waals surface area (Å²) < 4.78 is 38.6. The van der Waals surface area contributed by atoms with Crippen LogP contribution in [0.15, 0.2) is 73.1 Å². The van der Waals surface area contributed by atoms with Crippen molar-refractivity contribution in [1.82, 2.24) is 15.1 Å². The number of benzene rings is 3. The minimum absolute atomic E-state index is 0.0553. The third-order valence-electron chi connectivity index (χ3n) is 8.36. The van der Waals surface area contributed by atoms with Crippen molar-refractivity contribution in [1.29, 1.82) is 0 Å². The number of carbonyl (C=O) groups excluding carboxylic acids is 2. The van der Waals surface area contributed by atoms with E-state index in [-0.39, 0.29) is 23.3 Å². The highest BCUT2D eigenvalue weighted by Crippen LogP contribution is 2.44. The zero-order valence-corrected chi connectivity index (χ0v) is 27.5. The van der Waals surface area contributed by atoms with Crippen LogP contribution in [0.5, 0.6) is 5.75 Å². The molecule has 0 fully saturated rings. The molecule has 0 unspecified atom stereocenters. The first-order valence-electron chi connectivity index (χ1n) is 15.1. The van der Waals surface area contributed by atoms with Gasteiger partial charge < -0.3 is 15.0 Å². The van der Waals surface area contributed by atoms with Crippen LogP contribution in [0.2, 0.25) is 5.02 Å². The fraction of sp³-hybridized carbons (Fsp3) is 0.324. The lowest BCUT2D eigenvalue weighted by Crippen LogP contribution is -2.40. The molecule has 2 amide bonds. The van der Waals surface area contributed by atoms with Gasteiger partial charge in [0.2, 0.25) is 5.91 Å². The summed E-state index contributed by atoms with van der Waals surface area (Å²) in [6, 6.07) is 18.3. The summed E-state index contributed by atoms with van der Waals surface area (Å²) >= 11 is 6.20. The van der Waals surface area contributed by atoms with Crippen LogP contribution < -0.4 is 15.0 Å². The van der Waals surface area contributed by atoms with Gasteiger partial charge in [-0.05, 0) is 72.2 Å². The Labute approximate surface area is 274 Å². The molecular formula is C34H37ClN4O6S. The van der Waals surface area contributed by atoms with Gasteiger partial charge in [0.1, 0.15) is 11.6 Å². The van der Waals surface area contributed by atoms with E-state index < -0.39 is 21.9 Å². The fourth-order valence-electron chi connectivity index (χ4n) is 5.71. The zero-order valence-electron chi connectivity index (χ0n) is 25.9. The van der Waals surface area contributed by atoms with Gasteiger partial charge in [-0.3, -0.25) is 18.8 Å². The van der Waals surface area contributed by atoms with Crippen molar-refractivity contribution in [3.63, 3.8) is 0 Å². The predicted octanol–water partition coefficient (Wildman–Crippen LogP) is 6.08. The van der Waals surface area contributed by atoms with E-state index >= 15 is 0 Å². The monoisotopic (exact) mass is 664 g/mol. The molecule has 242 valence electrons. The number of fused-ring (bicyclic) bond motifs is 1. The smallest absolute Gasteiger partial charge is 0.283 e. The highest BCUT2D eigenvalue weighted by atomic mass is 35.5. The molecule has 1 aliphatic heterocycles. The molecular weight excluding hydrogens is 628 g/mol. The number of hydrogen-bond donors (Lipinski definition) is 2. The lowest BCUT2D eigenvalue weighted by molar-refractivity contribution is -0.119. The van der Waals surface area contributed by atoms with Crippen LogP contribution >= 0.6 is 11.6 Å². The molecule has 1 aromatic heterocycles. The van der Waals surface area contributed by atoms with Crippen LogP contribution in [0.3, 0.4) is 0 Å². The van der Waals surface area contributed by atoms with Gasteiger partial charge in [0.25, 0.3) is 16.0 Å². The second kappa shape index (κ2) is 14.1. The van der Waals surface area contributed by atoms with Crippen LogP contribution in [-0.2, 0) is 21.5 Å². The summed E-state index contributed by atoms with van der Waals surface area (Å²) in [5.41, 5.74) is 5.89. The molecule has 2 N–H and O–H groups in total. The number of rotatable bonds is 11. The molecule has 10 nitrogen and oxygen atoms in total. The minimum Gasteiger partial charge on any atom is -0.493 e. The average Bonchev–Trinajstić information content (AvgIpc) is 3.49. The Balaban J connectivity index is 1.29. The fourth-order valence-corrected chi connectivity index (χ4v) is 6.19. The maximum absolute atomic E-state index is 13.5. The van der Waals surface area contributed by atoms with Gasteiger partial charge in [0.15, 0.2) is 0 Å². The molecule has 4 aromatic rings. The Morgan fingerprint density at radius 3 is 2.65 bits per heavy atom. The molecule has 0 aliphatic carbocycles. The molecule has 12 heteroatoms. The van der Waals surface area contributed by atoms with Gasteiger partial charge in [-0.25, -0.2) is 0 Å². The topological polar surface area (TPSA) is 131 Å². The van der Waals surface area contributed by atoms with E-state index in [1.165, 1.54) is 0 Å². The molecule has 46 heavy (non-hydrogen) atoms. The molecule has 3 aromatic carbocycles. The third-order valence-corrected chi connectivity index (χ3v) is 9.28. The van der Waals surface area contributed by atoms with Gasteiger partial charge in [-0.2, -0.15) is 13.5 Å². The normalized spacial score (nSPS) is 16.2. The molecule has 0 bridgehead atoms. The highest BCUT2D eigenvalue weighted by molar-refractivity contribution is 7.85. The van der Waals surface area contributed by atoms with E-state index in [2.05, 4.69) is 30.3 Å². The van der Waals surface area contributed by atoms with Crippen LogP contribution in [0.4, 0.5) is 5.69 Å². The predicted molar refractivity (Wildman–Crippen MR) is 178 cm³/mol. The van der Waals surface area contributed by atoms with E-state index in [1.54, 1.807) is 29.1 Å². The van der Waals surface area contributed by atoms with Gasteiger partial charge in [-0.1, -0.05) is 55.8 Å². The van der Waals surface area contributed by atoms with E-state index in [1.807, 2.05) is 54.4 Å². The van der Waals surface area contributed by atoms with Crippen molar-refractivity contribution in [3.8, 4) is 16.9 Å². The standard InChI is InChI=1S/C34H37ClN4O6S/c1-22-18-39(32(40)14-7-15-45-31-13-6-11-29(35)24(31)3)30-12-5-10-28(33(30)23(22)2)27-17-37-38(20-27)19-25-8-4-9-26(16-25)34(41)36-21-46(42,43)44/h4-6,8-13,16-17,20,22-23H,7,14-15,18-19,21H2,1-3H3,(H,36,41)(H,42,43,44)/t22-,23-/m0/s1. The number of halogens is 1.